The van der Waals surface area contributed by atoms with Gasteiger partial charge in [-0.25, -0.2) is 0 Å². The Morgan fingerprint density at radius 3 is 2.47 bits per heavy atom. The van der Waals surface area contributed by atoms with Gasteiger partial charge >= 0.3 is 0 Å². The first kappa shape index (κ1) is 15.8. The van der Waals surface area contributed by atoms with Gasteiger partial charge in [-0.2, -0.15) is 0 Å². The molecule has 19 heavy (non-hydrogen) atoms. The summed E-state index contributed by atoms with van der Waals surface area (Å²) in [6, 6.07) is 0. The van der Waals surface area contributed by atoms with Crippen molar-refractivity contribution in [3.63, 3.8) is 0 Å². The second kappa shape index (κ2) is 6.78. The Bertz CT molecular complexity index is 338. The zero-order chi connectivity index (χ0) is 14.5. The summed E-state index contributed by atoms with van der Waals surface area (Å²) in [6.45, 7) is 6.72. The van der Waals surface area contributed by atoms with E-state index in [4.69, 9.17) is 10.9 Å². The van der Waals surface area contributed by atoms with Crippen molar-refractivity contribution in [1.82, 2.24) is 5.32 Å². The van der Waals surface area contributed by atoms with Crippen LogP contribution in [0.25, 0.3) is 0 Å². The van der Waals surface area contributed by atoms with Gasteiger partial charge in [0.2, 0.25) is 5.91 Å². The predicted molar refractivity (Wildman–Crippen MR) is 75.9 cm³/mol. The van der Waals surface area contributed by atoms with E-state index in [9.17, 15) is 4.79 Å². The molecular weight excluding hydrogens is 242 g/mol. The molecular formula is C14H27N3O2. The lowest BCUT2D eigenvalue weighted by Crippen LogP contribution is -2.50. The van der Waals surface area contributed by atoms with Crippen LogP contribution in [0.2, 0.25) is 0 Å². The smallest absolute Gasteiger partial charge is 0.233 e. The van der Waals surface area contributed by atoms with Gasteiger partial charge in [0.25, 0.3) is 0 Å². The van der Waals surface area contributed by atoms with E-state index in [0.29, 0.717) is 25.3 Å². The third kappa shape index (κ3) is 3.39. The normalized spacial score (nSPS) is 24.5. The molecule has 1 rings (SSSR count). The van der Waals surface area contributed by atoms with Crippen molar-refractivity contribution in [3.8, 4) is 0 Å². The summed E-state index contributed by atoms with van der Waals surface area (Å²) in [5.74, 6) is 1.22. The standard InChI is InChI=1S/C14H27N3O2/c1-4-14(5-2,12(15)17-19)13(18)16-9-11-7-6-10(3)8-11/h10-11,19H,4-9H2,1-3H3,(H2,15,17)(H,16,18). The van der Waals surface area contributed by atoms with Gasteiger partial charge in [-0.05, 0) is 37.5 Å². The van der Waals surface area contributed by atoms with E-state index in [2.05, 4.69) is 17.4 Å². The number of hydrogen-bond acceptors (Lipinski definition) is 3. The number of carbonyl (C=O) groups is 1. The summed E-state index contributed by atoms with van der Waals surface area (Å²) in [6.07, 6.45) is 4.66. The number of amides is 1. The Morgan fingerprint density at radius 2 is 2.05 bits per heavy atom. The van der Waals surface area contributed by atoms with Gasteiger partial charge in [0.05, 0.1) is 0 Å². The molecule has 110 valence electrons. The fourth-order valence-electron chi connectivity index (χ4n) is 3.06. The topological polar surface area (TPSA) is 87.7 Å². The molecule has 5 heteroatoms. The summed E-state index contributed by atoms with van der Waals surface area (Å²) >= 11 is 0. The molecule has 0 heterocycles. The van der Waals surface area contributed by atoms with Gasteiger partial charge in [-0.3, -0.25) is 4.79 Å². The summed E-state index contributed by atoms with van der Waals surface area (Å²) in [7, 11) is 0. The molecule has 0 aromatic rings. The van der Waals surface area contributed by atoms with Gasteiger partial charge in [0, 0.05) is 6.54 Å². The third-order valence-corrected chi connectivity index (χ3v) is 4.59. The number of nitrogens with zero attached hydrogens (tertiary/aromatic N) is 1. The van der Waals surface area contributed by atoms with Crippen molar-refractivity contribution in [2.75, 3.05) is 6.54 Å². The number of oxime groups is 1. The first-order chi connectivity index (χ1) is 9.00. The molecule has 0 aromatic heterocycles. The van der Waals surface area contributed by atoms with Crippen molar-refractivity contribution in [2.45, 2.75) is 52.9 Å². The minimum atomic E-state index is -0.876. The lowest BCUT2D eigenvalue weighted by Gasteiger charge is -2.29. The highest BCUT2D eigenvalue weighted by Gasteiger charge is 2.40. The SMILES string of the molecule is CCC(CC)(C(=O)NCC1CCC(C)C1)C(N)=NO. The van der Waals surface area contributed by atoms with E-state index < -0.39 is 5.41 Å². The molecule has 2 atom stereocenters. The Kier molecular flexibility index (Phi) is 5.63. The molecule has 0 aromatic carbocycles. The van der Waals surface area contributed by atoms with Crippen LogP contribution < -0.4 is 11.1 Å². The van der Waals surface area contributed by atoms with Gasteiger partial charge in [0.15, 0.2) is 5.84 Å². The quantitative estimate of drug-likeness (QED) is 0.298. The summed E-state index contributed by atoms with van der Waals surface area (Å²) < 4.78 is 0. The van der Waals surface area contributed by atoms with Gasteiger partial charge in [-0.1, -0.05) is 32.3 Å². The molecule has 1 aliphatic rings. The zero-order valence-electron chi connectivity index (χ0n) is 12.3. The monoisotopic (exact) mass is 269 g/mol. The molecule has 1 amide bonds. The minimum Gasteiger partial charge on any atom is -0.409 e. The zero-order valence-corrected chi connectivity index (χ0v) is 12.3. The van der Waals surface area contributed by atoms with Crippen LogP contribution in [0.5, 0.6) is 0 Å². The lowest BCUT2D eigenvalue weighted by molar-refractivity contribution is -0.128. The molecule has 1 aliphatic carbocycles. The largest absolute Gasteiger partial charge is 0.409 e. The predicted octanol–water partition coefficient (Wildman–Crippen LogP) is 2.09. The highest BCUT2D eigenvalue weighted by molar-refractivity contribution is 6.06. The first-order valence-electron chi connectivity index (χ1n) is 7.26. The Morgan fingerprint density at radius 1 is 1.42 bits per heavy atom. The number of amidine groups is 1. The molecule has 0 radical (unpaired) electrons. The molecule has 0 bridgehead atoms. The average Bonchev–Trinajstić information content (AvgIpc) is 2.83. The maximum atomic E-state index is 12.4. The second-order valence-electron chi connectivity index (χ2n) is 5.77. The average molecular weight is 269 g/mol. The van der Waals surface area contributed by atoms with Crippen LogP contribution in [0.4, 0.5) is 0 Å². The van der Waals surface area contributed by atoms with Gasteiger partial charge in [-0.15, -0.1) is 0 Å². The number of nitrogens with two attached hydrogens (primary N) is 1. The fourth-order valence-corrected chi connectivity index (χ4v) is 3.06. The van der Waals surface area contributed by atoms with E-state index in [0.717, 1.165) is 5.92 Å². The second-order valence-corrected chi connectivity index (χ2v) is 5.77. The van der Waals surface area contributed by atoms with Crippen LogP contribution >= 0.6 is 0 Å². The maximum Gasteiger partial charge on any atom is 0.233 e. The highest BCUT2D eigenvalue weighted by Crippen LogP contribution is 2.31. The number of carbonyl (C=O) groups excluding carboxylic acids is 1. The Hall–Kier alpha value is -1.26. The van der Waals surface area contributed by atoms with Gasteiger partial charge < -0.3 is 16.3 Å². The van der Waals surface area contributed by atoms with Crippen molar-refractivity contribution >= 4 is 11.7 Å². The fraction of sp³-hybridized carbons (Fsp3) is 0.857. The third-order valence-electron chi connectivity index (χ3n) is 4.59. The van der Waals surface area contributed by atoms with Crippen LogP contribution in [0.15, 0.2) is 5.16 Å². The lowest BCUT2D eigenvalue weighted by atomic mass is 9.80. The van der Waals surface area contributed by atoms with Gasteiger partial charge in [0.1, 0.15) is 5.41 Å². The number of hydrogen-bond donors (Lipinski definition) is 3. The molecule has 1 saturated carbocycles. The Balaban J connectivity index is 2.63. The minimum absolute atomic E-state index is 0.00906. The van der Waals surface area contributed by atoms with Crippen LogP contribution in [0.3, 0.4) is 0 Å². The summed E-state index contributed by atoms with van der Waals surface area (Å²) in [5, 5.41) is 14.9. The molecule has 4 N–H and O–H groups in total. The van der Waals surface area contributed by atoms with E-state index in [-0.39, 0.29) is 11.7 Å². The maximum absolute atomic E-state index is 12.4. The van der Waals surface area contributed by atoms with E-state index in [1.807, 2.05) is 13.8 Å². The van der Waals surface area contributed by atoms with Crippen LogP contribution in [0.1, 0.15) is 52.9 Å². The molecule has 5 nitrogen and oxygen atoms in total. The van der Waals surface area contributed by atoms with Crippen molar-refractivity contribution in [3.05, 3.63) is 0 Å². The van der Waals surface area contributed by atoms with Crippen LogP contribution in [-0.2, 0) is 4.79 Å². The van der Waals surface area contributed by atoms with Crippen molar-refractivity contribution in [1.29, 1.82) is 0 Å². The number of rotatable bonds is 6. The number of nitrogens with one attached hydrogen (secondary N) is 1. The summed E-state index contributed by atoms with van der Waals surface area (Å²) in [5.41, 5.74) is 4.84. The first-order valence-corrected chi connectivity index (χ1v) is 7.26. The molecule has 1 fully saturated rings. The molecule has 0 aliphatic heterocycles. The highest BCUT2D eigenvalue weighted by atomic mass is 16.4. The van der Waals surface area contributed by atoms with Crippen LogP contribution in [-0.4, -0.2) is 23.5 Å². The van der Waals surface area contributed by atoms with Crippen LogP contribution in [0, 0.1) is 17.3 Å². The summed E-state index contributed by atoms with van der Waals surface area (Å²) in [4.78, 5) is 12.4. The molecule has 2 unspecified atom stereocenters. The van der Waals surface area contributed by atoms with E-state index in [1.165, 1.54) is 19.3 Å². The molecule has 0 spiro atoms. The van der Waals surface area contributed by atoms with Crippen molar-refractivity contribution in [2.24, 2.45) is 28.1 Å². The van der Waals surface area contributed by atoms with Crippen molar-refractivity contribution < 1.29 is 10.0 Å². The van der Waals surface area contributed by atoms with E-state index in [1.54, 1.807) is 0 Å². The molecule has 0 saturated heterocycles. The van der Waals surface area contributed by atoms with E-state index >= 15 is 0 Å². The Labute approximate surface area is 115 Å².